The van der Waals surface area contributed by atoms with E-state index in [1.807, 2.05) is 30.3 Å². The van der Waals surface area contributed by atoms with Gasteiger partial charge < -0.3 is 35.5 Å². The molecular formula is C27H27N3O9. The van der Waals surface area contributed by atoms with Crippen LogP contribution in [0.2, 0.25) is 0 Å². The Morgan fingerprint density at radius 1 is 0.897 bits per heavy atom. The number of guanidine groups is 1. The van der Waals surface area contributed by atoms with Gasteiger partial charge in [-0.1, -0.05) is 42.5 Å². The molecule has 1 atom stereocenters. The van der Waals surface area contributed by atoms with Gasteiger partial charge in [0.1, 0.15) is 12.4 Å². The van der Waals surface area contributed by atoms with Crippen LogP contribution in [-0.2, 0) is 25.7 Å². The average molecular weight is 538 g/mol. The van der Waals surface area contributed by atoms with Gasteiger partial charge in [0.15, 0.2) is 12.6 Å². The van der Waals surface area contributed by atoms with Crippen molar-refractivity contribution in [2.24, 2.45) is 5.73 Å². The smallest absolute Gasteiger partial charge is 0.458 e. The molecule has 0 aromatic heterocycles. The highest BCUT2D eigenvalue weighted by Gasteiger charge is 2.19. The summed E-state index contributed by atoms with van der Waals surface area (Å²) in [4.78, 5) is 45.1. The van der Waals surface area contributed by atoms with Gasteiger partial charge in [-0.25, -0.2) is 14.4 Å². The molecule has 6 N–H and O–H groups in total. The third-order valence-electron chi connectivity index (χ3n) is 4.92. The molecular weight excluding hydrogens is 510 g/mol. The molecule has 12 heteroatoms. The zero-order valence-corrected chi connectivity index (χ0v) is 20.8. The highest BCUT2D eigenvalue weighted by Crippen LogP contribution is 2.21. The monoisotopic (exact) mass is 537 g/mol. The van der Waals surface area contributed by atoms with Gasteiger partial charge in [-0.15, -0.1) is 0 Å². The van der Waals surface area contributed by atoms with Crippen LogP contribution in [0.1, 0.15) is 34.3 Å². The predicted molar refractivity (Wildman–Crippen MR) is 140 cm³/mol. The van der Waals surface area contributed by atoms with Crippen LogP contribution in [0, 0.1) is 5.41 Å². The normalized spacial score (nSPS) is 10.6. The van der Waals surface area contributed by atoms with E-state index in [0.717, 1.165) is 5.56 Å². The molecule has 0 spiro atoms. The number of hydrogen-bond donors (Lipinski definition) is 5. The molecule has 0 radical (unpaired) electrons. The topological polar surface area (TPSA) is 198 Å². The lowest BCUT2D eigenvalue weighted by atomic mass is 10.0. The minimum Gasteiger partial charge on any atom is -0.458 e. The quantitative estimate of drug-likeness (QED) is 0.115. The summed E-state index contributed by atoms with van der Waals surface area (Å²) in [5, 5.41) is 23.8. The van der Waals surface area contributed by atoms with Crippen molar-refractivity contribution in [3.8, 4) is 5.75 Å². The van der Waals surface area contributed by atoms with Crippen molar-refractivity contribution in [1.29, 1.82) is 5.41 Å². The molecule has 0 aliphatic heterocycles. The second kappa shape index (κ2) is 15.0. The predicted octanol–water partition coefficient (Wildman–Crippen LogP) is 3.82. The molecule has 3 rings (SSSR count). The number of anilines is 1. The molecule has 3 aromatic rings. The Morgan fingerprint density at radius 3 is 2.05 bits per heavy atom. The second-order valence-electron chi connectivity index (χ2n) is 7.83. The highest BCUT2D eigenvalue weighted by atomic mass is 16.6. The molecule has 3 aromatic carbocycles. The number of carbonyl (C=O) groups is 4. The lowest BCUT2D eigenvalue weighted by Crippen LogP contribution is -2.20. The van der Waals surface area contributed by atoms with E-state index in [9.17, 15) is 14.4 Å². The Hall–Kier alpha value is -5.39. The summed E-state index contributed by atoms with van der Waals surface area (Å²) >= 11 is 0. The summed E-state index contributed by atoms with van der Waals surface area (Å²) < 4.78 is 15.5. The fraction of sp³-hybridized carbons (Fsp3) is 0.148. The van der Waals surface area contributed by atoms with Crippen molar-refractivity contribution in [2.45, 2.75) is 19.4 Å². The van der Waals surface area contributed by atoms with Crippen LogP contribution in [0.25, 0.3) is 0 Å². The van der Waals surface area contributed by atoms with E-state index < -0.39 is 36.6 Å². The van der Waals surface area contributed by atoms with Crippen LogP contribution in [0.4, 0.5) is 10.5 Å². The third-order valence-corrected chi connectivity index (χ3v) is 4.92. The number of nitrogens with one attached hydrogen (secondary N) is 2. The number of nitrogens with two attached hydrogens (primary N) is 1. The first-order valence-corrected chi connectivity index (χ1v) is 11.4. The number of carboxylic acid groups (broad SMARTS) is 2. The molecule has 1 unspecified atom stereocenters. The first-order chi connectivity index (χ1) is 18.5. The number of ether oxygens (including phenoxy) is 3. The van der Waals surface area contributed by atoms with E-state index >= 15 is 0 Å². The lowest BCUT2D eigenvalue weighted by molar-refractivity contribution is -0.160. The van der Waals surface area contributed by atoms with Gasteiger partial charge in [0.2, 0.25) is 0 Å². The summed E-state index contributed by atoms with van der Waals surface area (Å²) in [6.07, 6.45) is -1.83. The van der Waals surface area contributed by atoms with E-state index in [1.54, 1.807) is 55.5 Å². The van der Waals surface area contributed by atoms with E-state index in [2.05, 4.69) is 5.32 Å². The average Bonchev–Trinajstić information content (AvgIpc) is 2.91. The number of benzene rings is 3. The largest absolute Gasteiger partial charge is 0.503 e. The minimum atomic E-state index is -1.83. The zero-order chi connectivity index (χ0) is 28.8. The SMILES string of the molecule is CC(C(=O)OCC(=O)OCc1ccccc1)c1ccc(OC(=O)c2ccc(NC(=N)N)cc2)cc1.O=C(O)O. The Morgan fingerprint density at radius 2 is 1.49 bits per heavy atom. The number of hydrogen-bond acceptors (Lipinski definition) is 8. The van der Waals surface area contributed by atoms with Crippen molar-refractivity contribution in [2.75, 3.05) is 11.9 Å². The summed E-state index contributed by atoms with van der Waals surface area (Å²) in [6, 6.07) is 21.9. The Labute approximate surface area is 223 Å². The Kier molecular flexibility index (Phi) is 11.5. The van der Waals surface area contributed by atoms with Crippen LogP contribution < -0.4 is 15.8 Å². The van der Waals surface area contributed by atoms with Crippen molar-refractivity contribution >= 4 is 35.7 Å². The van der Waals surface area contributed by atoms with E-state index in [4.69, 9.17) is 40.4 Å². The molecule has 0 aliphatic carbocycles. The summed E-state index contributed by atoms with van der Waals surface area (Å²) in [5.41, 5.74) is 7.63. The maximum atomic E-state index is 12.3. The fourth-order valence-electron chi connectivity index (χ4n) is 3.01. The summed E-state index contributed by atoms with van der Waals surface area (Å²) in [7, 11) is 0. The van der Waals surface area contributed by atoms with Crippen LogP contribution >= 0.6 is 0 Å². The van der Waals surface area contributed by atoms with Gasteiger partial charge in [-0.05, 0) is 54.4 Å². The molecule has 0 saturated heterocycles. The summed E-state index contributed by atoms with van der Waals surface area (Å²) in [5.74, 6) is -2.32. The number of rotatable bonds is 9. The summed E-state index contributed by atoms with van der Waals surface area (Å²) in [6.45, 7) is 1.27. The van der Waals surface area contributed by atoms with Gasteiger partial charge >= 0.3 is 24.1 Å². The van der Waals surface area contributed by atoms with Crippen molar-refractivity contribution in [1.82, 2.24) is 0 Å². The Bertz CT molecular complexity index is 1270. The first kappa shape index (κ1) is 29.8. The van der Waals surface area contributed by atoms with Crippen LogP contribution in [-0.4, -0.2) is 46.8 Å². The molecule has 0 aliphatic rings. The molecule has 0 bridgehead atoms. The van der Waals surface area contributed by atoms with Crippen LogP contribution in [0.5, 0.6) is 5.75 Å². The van der Waals surface area contributed by atoms with Gasteiger partial charge in [-0.3, -0.25) is 10.2 Å². The van der Waals surface area contributed by atoms with Gasteiger partial charge in [0.05, 0.1) is 11.5 Å². The standard InChI is InChI=1S/C26H25N3O6.CH2O3/c1-17(24(31)34-16-23(30)33-15-18-5-3-2-4-6-18)19-9-13-22(14-10-19)35-25(32)20-7-11-21(12-8-20)29-26(27)28;2-1(3)4/h2-14,17H,15-16H2,1H3,(H4,27,28,29);(H2,2,3,4). The zero-order valence-electron chi connectivity index (χ0n) is 20.8. The van der Waals surface area contributed by atoms with Crippen molar-refractivity contribution < 1.29 is 43.6 Å². The molecule has 0 fully saturated rings. The van der Waals surface area contributed by atoms with E-state index in [-0.39, 0.29) is 12.6 Å². The molecule has 0 heterocycles. The molecule has 39 heavy (non-hydrogen) atoms. The maximum Gasteiger partial charge on any atom is 0.503 e. The second-order valence-corrected chi connectivity index (χ2v) is 7.83. The molecule has 0 saturated carbocycles. The van der Waals surface area contributed by atoms with Crippen LogP contribution in [0.3, 0.4) is 0 Å². The lowest BCUT2D eigenvalue weighted by Gasteiger charge is -2.12. The van der Waals surface area contributed by atoms with Crippen molar-refractivity contribution in [3.05, 3.63) is 95.6 Å². The van der Waals surface area contributed by atoms with Gasteiger partial charge in [0.25, 0.3) is 0 Å². The van der Waals surface area contributed by atoms with E-state index in [0.29, 0.717) is 22.6 Å². The maximum absolute atomic E-state index is 12.3. The minimum absolute atomic E-state index is 0.104. The molecule has 0 amide bonds. The first-order valence-electron chi connectivity index (χ1n) is 11.4. The fourth-order valence-corrected chi connectivity index (χ4v) is 3.01. The third kappa shape index (κ3) is 11.0. The number of esters is 3. The van der Waals surface area contributed by atoms with Gasteiger partial charge in [-0.2, -0.15) is 0 Å². The highest BCUT2D eigenvalue weighted by molar-refractivity contribution is 5.93. The number of carbonyl (C=O) groups excluding carboxylic acids is 3. The van der Waals surface area contributed by atoms with Crippen molar-refractivity contribution in [3.63, 3.8) is 0 Å². The van der Waals surface area contributed by atoms with Crippen LogP contribution in [0.15, 0.2) is 78.9 Å². The Balaban J connectivity index is 0.00000124. The van der Waals surface area contributed by atoms with E-state index in [1.165, 1.54) is 0 Å². The molecule has 204 valence electrons. The molecule has 12 nitrogen and oxygen atoms in total. The van der Waals surface area contributed by atoms with Gasteiger partial charge in [0, 0.05) is 5.69 Å².